The number of hydrogen-bond acceptors (Lipinski definition) is 5. The van der Waals surface area contributed by atoms with E-state index >= 15 is 0 Å². The third kappa shape index (κ3) is 4.49. The van der Waals surface area contributed by atoms with Crippen molar-refractivity contribution in [1.82, 2.24) is 14.8 Å². The zero-order valence-electron chi connectivity index (χ0n) is 16.1. The summed E-state index contributed by atoms with van der Waals surface area (Å²) in [4.78, 5) is 10.9. The summed E-state index contributed by atoms with van der Waals surface area (Å²) in [6, 6.07) is 15.4. The fourth-order valence-corrected chi connectivity index (χ4v) is 4.48. The van der Waals surface area contributed by atoms with Crippen LogP contribution in [-0.2, 0) is 13.1 Å². The molecule has 1 aromatic carbocycles. The first-order valence-corrected chi connectivity index (χ1v) is 10.5. The molecule has 27 heavy (non-hydrogen) atoms. The van der Waals surface area contributed by atoms with E-state index in [2.05, 4.69) is 58.6 Å². The average molecular weight is 382 g/mol. The van der Waals surface area contributed by atoms with Crippen LogP contribution in [0.1, 0.15) is 29.9 Å². The van der Waals surface area contributed by atoms with Gasteiger partial charge in [-0.05, 0) is 50.4 Å². The molecule has 1 aliphatic rings. The third-order valence-corrected chi connectivity index (χ3v) is 6.23. The number of oxazole rings is 1. The van der Waals surface area contributed by atoms with E-state index in [1.54, 1.807) is 11.3 Å². The number of aryl methyl sites for hydroxylation is 1. The molecule has 0 saturated carbocycles. The number of benzene rings is 1. The molecular formula is C22H27N3OS. The lowest BCUT2D eigenvalue weighted by Gasteiger charge is -2.37. The monoisotopic (exact) mass is 381 g/mol. The summed E-state index contributed by atoms with van der Waals surface area (Å²) in [5.74, 6) is 1.70. The molecule has 1 fully saturated rings. The Morgan fingerprint density at radius 3 is 2.85 bits per heavy atom. The highest BCUT2D eigenvalue weighted by Gasteiger charge is 2.25. The molecule has 0 N–H and O–H groups in total. The average Bonchev–Trinajstić information content (AvgIpc) is 3.33. The molecule has 3 heterocycles. The summed E-state index contributed by atoms with van der Waals surface area (Å²) in [6.07, 6.45) is 2.50. The number of hydrogen-bond donors (Lipinski definition) is 0. The van der Waals surface area contributed by atoms with E-state index in [4.69, 9.17) is 9.40 Å². The number of thiophene rings is 1. The lowest BCUT2D eigenvalue weighted by molar-refractivity contribution is 0.106. The Morgan fingerprint density at radius 1 is 1.22 bits per heavy atom. The van der Waals surface area contributed by atoms with Crippen molar-refractivity contribution in [2.45, 2.75) is 38.9 Å². The number of aromatic nitrogens is 1. The van der Waals surface area contributed by atoms with Gasteiger partial charge in [0.2, 0.25) is 5.89 Å². The lowest BCUT2D eigenvalue weighted by atomic mass is 10.0. The number of nitrogens with zero attached hydrogens (tertiary/aromatic N) is 3. The van der Waals surface area contributed by atoms with Crippen LogP contribution in [0.4, 0.5) is 0 Å². The molecule has 142 valence electrons. The summed E-state index contributed by atoms with van der Waals surface area (Å²) in [7, 11) is 2.25. The van der Waals surface area contributed by atoms with Gasteiger partial charge < -0.3 is 4.42 Å². The quantitative estimate of drug-likeness (QED) is 0.613. The minimum atomic E-state index is 0.586. The van der Waals surface area contributed by atoms with E-state index < -0.39 is 0 Å². The summed E-state index contributed by atoms with van der Waals surface area (Å²) in [6.45, 7) is 6.13. The van der Waals surface area contributed by atoms with Crippen LogP contribution in [0.2, 0.25) is 0 Å². The largest absolute Gasteiger partial charge is 0.440 e. The molecule has 0 radical (unpaired) electrons. The predicted molar refractivity (Wildman–Crippen MR) is 111 cm³/mol. The molecular weight excluding hydrogens is 354 g/mol. The molecule has 0 bridgehead atoms. The SMILES string of the molecule is Cc1oc(-c2cccs2)nc1CN1CCC[C@H](N(C)Cc2ccccc2)C1. The zero-order valence-corrected chi connectivity index (χ0v) is 16.9. The maximum Gasteiger partial charge on any atom is 0.236 e. The van der Waals surface area contributed by atoms with Gasteiger partial charge in [0.05, 0.1) is 10.6 Å². The second-order valence-electron chi connectivity index (χ2n) is 7.43. The first kappa shape index (κ1) is 18.4. The Hall–Kier alpha value is -1.95. The Bertz CT molecular complexity index is 844. The van der Waals surface area contributed by atoms with Gasteiger partial charge in [-0.15, -0.1) is 11.3 Å². The molecule has 1 atom stereocenters. The Balaban J connectivity index is 1.38. The molecule has 3 aromatic rings. The van der Waals surface area contributed by atoms with Crippen LogP contribution in [0.3, 0.4) is 0 Å². The van der Waals surface area contributed by atoms with Crippen molar-refractivity contribution < 1.29 is 4.42 Å². The van der Waals surface area contributed by atoms with Gasteiger partial charge in [-0.3, -0.25) is 9.80 Å². The van der Waals surface area contributed by atoms with Crippen molar-refractivity contribution in [2.75, 3.05) is 20.1 Å². The van der Waals surface area contributed by atoms with Gasteiger partial charge in [0.15, 0.2) is 0 Å². The van der Waals surface area contributed by atoms with Gasteiger partial charge in [0.25, 0.3) is 0 Å². The maximum absolute atomic E-state index is 5.92. The van der Waals surface area contributed by atoms with E-state index in [0.717, 1.165) is 48.4 Å². The van der Waals surface area contributed by atoms with Crippen LogP contribution in [-0.4, -0.2) is 41.0 Å². The van der Waals surface area contributed by atoms with Crippen molar-refractivity contribution >= 4 is 11.3 Å². The second kappa shape index (κ2) is 8.38. The highest BCUT2D eigenvalue weighted by atomic mass is 32.1. The van der Waals surface area contributed by atoms with Crippen molar-refractivity contribution in [3.63, 3.8) is 0 Å². The molecule has 4 rings (SSSR count). The van der Waals surface area contributed by atoms with E-state index in [-0.39, 0.29) is 0 Å². The van der Waals surface area contributed by atoms with Gasteiger partial charge in [-0.1, -0.05) is 36.4 Å². The summed E-state index contributed by atoms with van der Waals surface area (Å²) in [5.41, 5.74) is 2.45. The van der Waals surface area contributed by atoms with Crippen molar-refractivity contribution in [3.05, 3.63) is 64.9 Å². The fourth-order valence-electron chi connectivity index (χ4n) is 3.83. The molecule has 5 heteroatoms. The molecule has 0 amide bonds. The van der Waals surface area contributed by atoms with Crippen LogP contribution in [0.5, 0.6) is 0 Å². The Kier molecular flexibility index (Phi) is 5.72. The highest BCUT2D eigenvalue weighted by Crippen LogP contribution is 2.27. The predicted octanol–water partition coefficient (Wildman–Crippen LogP) is 4.81. The topological polar surface area (TPSA) is 32.5 Å². The summed E-state index contributed by atoms with van der Waals surface area (Å²) in [5, 5.41) is 2.06. The maximum atomic E-state index is 5.92. The first-order valence-electron chi connectivity index (χ1n) is 9.66. The Morgan fingerprint density at radius 2 is 2.07 bits per heavy atom. The molecule has 1 aliphatic heterocycles. The molecule has 0 spiro atoms. The van der Waals surface area contributed by atoms with Gasteiger partial charge in [0.1, 0.15) is 5.76 Å². The lowest BCUT2D eigenvalue weighted by Crippen LogP contribution is -2.45. The van der Waals surface area contributed by atoms with E-state index in [0.29, 0.717) is 6.04 Å². The van der Waals surface area contributed by atoms with Crippen LogP contribution in [0.15, 0.2) is 52.3 Å². The molecule has 4 nitrogen and oxygen atoms in total. The summed E-state index contributed by atoms with van der Waals surface area (Å²) < 4.78 is 5.92. The van der Waals surface area contributed by atoms with Crippen LogP contribution in [0.25, 0.3) is 10.8 Å². The Labute approximate surface area is 165 Å². The van der Waals surface area contributed by atoms with E-state index in [1.807, 2.05) is 13.0 Å². The van der Waals surface area contributed by atoms with Crippen LogP contribution < -0.4 is 0 Å². The highest BCUT2D eigenvalue weighted by molar-refractivity contribution is 7.13. The smallest absolute Gasteiger partial charge is 0.236 e. The van der Waals surface area contributed by atoms with Gasteiger partial charge in [0, 0.05) is 25.7 Å². The molecule has 2 aromatic heterocycles. The first-order chi connectivity index (χ1) is 13.2. The normalized spacial score (nSPS) is 18.3. The van der Waals surface area contributed by atoms with Crippen LogP contribution in [0, 0.1) is 6.92 Å². The van der Waals surface area contributed by atoms with Crippen molar-refractivity contribution in [2.24, 2.45) is 0 Å². The standard InChI is InChI=1S/C22H27N3OS/c1-17-20(23-22(26-17)21-11-7-13-27-21)16-25-12-6-10-19(15-25)24(2)14-18-8-4-3-5-9-18/h3-5,7-9,11,13,19H,6,10,12,14-16H2,1-2H3/t19-/m0/s1. The van der Waals surface area contributed by atoms with Crippen LogP contribution >= 0.6 is 11.3 Å². The summed E-state index contributed by atoms with van der Waals surface area (Å²) >= 11 is 1.67. The van der Waals surface area contributed by atoms with Gasteiger partial charge >= 0.3 is 0 Å². The minimum Gasteiger partial charge on any atom is -0.440 e. The number of likely N-dealkylation sites (N-methyl/N-ethyl adjacent to an activating group) is 1. The molecule has 0 aliphatic carbocycles. The number of likely N-dealkylation sites (tertiary alicyclic amines) is 1. The molecule has 0 unspecified atom stereocenters. The minimum absolute atomic E-state index is 0.586. The molecule has 1 saturated heterocycles. The van der Waals surface area contributed by atoms with Gasteiger partial charge in [-0.2, -0.15) is 0 Å². The second-order valence-corrected chi connectivity index (χ2v) is 8.38. The van der Waals surface area contributed by atoms with Crippen molar-refractivity contribution in [3.8, 4) is 10.8 Å². The fraction of sp³-hybridized carbons (Fsp3) is 0.409. The zero-order chi connectivity index (χ0) is 18.6. The van der Waals surface area contributed by atoms with E-state index in [9.17, 15) is 0 Å². The third-order valence-electron chi connectivity index (χ3n) is 5.38. The number of piperidine rings is 1. The van der Waals surface area contributed by atoms with E-state index in [1.165, 1.54) is 18.4 Å². The van der Waals surface area contributed by atoms with Crippen molar-refractivity contribution in [1.29, 1.82) is 0 Å². The van der Waals surface area contributed by atoms with Gasteiger partial charge in [-0.25, -0.2) is 4.98 Å². The number of rotatable bonds is 6.